The van der Waals surface area contributed by atoms with Gasteiger partial charge in [0.15, 0.2) is 0 Å². The first-order valence-electron chi connectivity index (χ1n) is 8.58. The fraction of sp³-hybridized carbons (Fsp3) is 1.00. The molecule has 0 saturated carbocycles. The van der Waals surface area contributed by atoms with Crippen molar-refractivity contribution < 1.29 is 0 Å². The van der Waals surface area contributed by atoms with Crippen LogP contribution in [0.5, 0.6) is 0 Å². The Hall–Kier alpha value is -0.0800. The van der Waals surface area contributed by atoms with E-state index in [2.05, 4.69) is 65.2 Å². The summed E-state index contributed by atoms with van der Waals surface area (Å²) in [5.74, 6) is 1.52. The Bertz CT molecular complexity index is 228. The highest BCUT2D eigenvalue weighted by Gasteiger charge is 2.18. The second-order valence-electron chi connectivity index (χ2n) is 8.38. The zero-order chi connectivity index (χ0) is 15.8. The molecule has 2 heteroatoms. The first-order chi connectivity index (χ1) is 9.14. The Kier molecular flexibility index (Phi) is 9.74. The molecular weight excluding hydrogens is 244 g/mol. The fourth-order valence-electron chi connectivity index (χ4n) is 2.83. The Morgan fingerprint density at radius 2 is 1.20 bits per heavy atom. The minimum absolute atomic E-state index is 0.391. The first kappa shape index (κ1) is 19.9. The summed E-state index contributed by atoms with van der Waals surface area (Å²) in [6.45, 7) is 25.9. The first-order valence-corrected chi connectivity index (χ1v) is 8.58. The Morgan fingerprint density at radius 3 is 1.60 bits per heavy atom. The quantitative estimate of drug-likeness (QED) is 0.588. The molecule has 0 atom stereocenters. The van der Waals surface area contributed by atoms with Gasteiger partial charge in [0.2, 0.25) is 0 Å². The minimum Gasteiger partial charge on any atom is -0.302 e. The molecule has 0 aromatic heterocycles. The molecule has 0 bridgehead atoms. The highest BCUT2D eigenvalue weighted by atomic mass is 15.2. The van der Waals surface area contributed by atoms with E-state index in [0.29, 0.717) is 5.41 Å². The molecule has 0 spiro atoms. The van der Waals surface area contributed by atoms with Crippen LogP contribution >= 0.6 is 0 Å². The molecule has 0 rings (SSSR count). The summed E-state index contributed by atoms with van der Waals surface area (Å²) >= 11 is 0. The summed E-state index contributed by atoms with van der Waals surface area (Å²) in [7, 11) is 0. The van der Waals surface area contributed by atoms with Gasteiger partial charge in [-0.3, -0.25) is 0 Å². The molecule has 0 amide bonds. The maximum Gasteiger partial charge on any atom is 0.0110 e. The van der Waals surface area contributed by atoms with Crippen LogP contribution in [0, 0.1) is 17.3 Å². The largest absolute Gasteiger partial charge is 0.302 e. The van der Waals surface area contributed by atoms with Crippen LogP contribution in [0.1, 0.15) is 61.8 Å². The zero-order valence-corrected chi connectivity index (χ0v) is 15.5. The van der Waals surface area contributed by atoms with Crippen molar-refractivity contribution in [3.05, 3.63) is 0 Å². The lowest BCUT2D eigenvalue weighted by molar-refractivity contribution is 0.142. The van der Waals surface area contributed by atoms with E-state index in [-0.39, 0.29) is 0 Å². The Morgan fingerprint density at radius 1 is 0.750 bits per heavy atom. The van der Waals surface area contributed by atoms with Gasteiger partial charge >= 0.3 is 0 Å². The zero-order valence-electron chi connectivity index (χ0n) is 15.5. The van der Waals surface area contributed by atoms with E-state index >= 15 is 0 Å². The van der Waals surface area contributed by atoms with Crippen LogP contribution in [-0.2, 0) is 0 Å². The summed E-state index contributed by atoms with van der Waals surface area (Å²) < 4.78 is 0. The molecule has 0 radical (unpaired) electrons. The average Bonchev–Trinajstić information content (AvgIpc) is 2.22. The maximum absolute atomic E-state index is 2.66. The third-order valence-corrected chi connectivity index (χ3v) is 3.22. The molecular formula is C18H40N2. The van der Waals surface area contributed by atoms with Gasteiger partial charge in [0, 0.05) is 32.7 Å². The highest BCUT2D eigenvalue weighted by molar-refractivity contribution is 4.72. The lowest BCUT2D eigenvalue weighted by Crippen LogP contribution is -2.42. The summed E-state index contributed by atoms with van der Waals surface area (Å²) in [5, 5.41) is 0. The Balaban J connectivity index is 4.39. The smallest absolute Gasteiger partial charge is 0.0110 e. The van der Waals surface area contributed by atoms with Crippen LogP contribution in [0.25, 0.3) is 0 Å². The van der Waals surface area contributed by atoms with Crippen molar-refractivity contribution in [1.82, 2.24) is 9.80 Å². The Labute approximate surface area is 128 Å². The molecule has 0 N–H and O–H groups in total. The van der Waals surface area contributed by atoms with E-state index in [1.807, 2.05) is 0 Å². The van der Waals surface area contributed by atoms with Gasteiger partial charge in [0.25, 0.3) is 0 Å². The van der Waals surface area contributed by atoms with Gasteiger partial charge in [-0.05, 0) is 30.2 Å². The molecule has 0 unspecified atom stereocenters. The predicted molar refractivity (Wildman–Crippen MR) is 92.3 cm³/mol. The monoisotopic (exact) mass is 284 g/mol. The topological polar surface area (TPSA) is 6.48 Å². The highest BCUT2D eigenvalue weighted by Crippen LogP contribution is 2.16. The molecule has 0 aliphatic rings. The number of rotatable bonds is 10. The van der Waals surface area contributed by atoms with Crippen molar-refractivity contribution in [2.45, 2.75) is 61.8 Å². The van der Waals surface area contributed by atoms with Crippen LogP contribution in [-0.4, -0.2) is 49.1 Å². The van der Waals surface area contributed by atoms with Crippen molar-refractivity contribution in [2.75, 3.05) is 39.3 Å². The van der Waals surface area contributed by atoms with Gasteiger partial charge in [0.05, 0.1) is 0 Å². The van der Waals surface area contributed by atoms with Gasteiger partial charge in [-0.25, -0.2) is 0 Å². The van der Waals surface area contributed by atoms with Gasteiger partial charge in [-0.2, -0.15) is 0 Å². The number of nitrogens with zero attached hydrogens (tertiary/aromatic N) is 2. The molecule has 0 aliphatic heterocycles. The van der Waals surface area contributed by atoms with Crippen LogP contribution in [0.15, 0.2) is 0 Å². The van der Waals surface area contributed by atoms with E-state index in [1.54, 1.807) is 0 Å². The summed E-state index contributed by atoms with van der Waals surface area (Å²) in [4.78, 5) is 5.30. The second-order valence-corrected chi connectivity index (χ2v) is 8.38. The van der Waals surface area contributed by atoms with Gasteiger partial charge in [0.1, 0.15) is 0 Å². The average molecular weight is 285 g/mol. The van der Waals surface area contributed by atoms with Crippen LogP contribution in [0.4, 0.5) is 0 Å². The van der Waals surface area contributed by atoms with E-state index in [0.717, 1.165) is 11.8 Å². The van der Waals surface area contributed by atoms with Crippen molar-refractivity contribution in [2.24, 2.45) is 17.3 Å². The molecule has 2 nitrogen and oxygen atoms in total. The lowest BCUT2D eigenvalue weighted by atomic mass is 9.95. The molecule has 20 heavy (non-hydrogen) atoms. The predicted octanol–water partition coefficient (Wildman–Crippen LogP) is 4.36. The number of hydrogen-bond donors (Lipinski definition) is 0. The third kappa shape index (κ3) is 11.7. The van der Waals surface area contributed by atoms with Crippen molar-refractivity contribution in [1.29, 1.82) is 0 Å². The van der Waals surface area contributed by atoms with Crippen molar-refractivity contribution in [3.63, 3.8) is 0 Å². The lowest BCUT2D eigenvalue weighted by Gasteiger charge is -2.33. The van der Waals surface area contributed by atoms with Crippen molar-refractivity contribution >= 4 is 0 Å². The SMILES string of the molecule is CCCN(CCN(CC(C)C)CC(C)(C)C)CC(C)C. The van der Waals surface area contributed by atoms with Crippen LogP contribution in [0.3, 0.4) is 0 Å². The van der Waals surface area contributed by atoms with Gasteiger partial charge in [-0.15, -0.1) is 0 Å². The molecule has 0 aliphatic carbocycles. The third-order valence-electron chi connectivity index (χ3n) is 3.22. The van der Waals surface area contributed by atoms with E-state index in [4.69, 9.17) is 0 Å². The summed E-state index contributed by atoms with van der Waals surface area (Å²) in [5.41, 5.74) is 0.391. The molecule has 122 valence electrons. The molecule has 0 saturated heterocycles. The minimum atomic E-state index is 0.391. The summed E-state index contributed by atoms with van der Waals surface area (Å²) in [6, 6.07) is 0. The van der Waals surface area contributed by atoms with E-state index < -0.39 is 0 Å². The molecule has 0 aromatic rings. The molecule has 0 fully saturated rings. The maximum atomic E-state index is 2.66. The molecule has 0 aromatic carbocycles. The van der Waals surface area contributed by atoms with Gasteiger partial charge < -0.3 is 9.80 Å². The van der Waals surface area contributed by atoms with Crippen LogP contribution in [0.2, 0.25) is 0 Å². The fourth-order valence-corrected chi connectivity index (χ4v) is 2.83. The normalized spacial score (nSPS) is 13.2. The van der Waals surface area contributed by atoms with Gasteiger partial charge in [-0.1, -0.05) is 55.4 Å². The van der Waals surface area contributed by atoms with Crippen molar-refractivity contribution in [3.8, 4) is 0 Å². The number of hydrogen-bond acceptors (Lipinski definition) is 2. The standard InChI is InChI=1S/C18H40N2/c1-9-10-19(13-16(2)3)11-12-20(14-17(4)5)15-18(6,7)8/h16-17H,9-15H2,1-8H3. The molecule has 0 heterocycles. The second kappa shape index (κ2) is 9.78. The summed E-state index contributed by atoms with van der Waals surface area (Å²) in [6.07, 6.45) is 1.26. The van der Waals surface area contributed by atoms with E-state index in [1.165, 1.54) is 45.7 Å². The van der Waals surface area contributed by atoms with E-state index in [9.17, 15) is 0 Å². The van der Waals surface area contributed by atoms with Crippen LogP contribution < -0.4 is 0 Å².